The summed E-state index contributed by atoms with van der Waals surface area (Å²) in [5.41, 5.74) is 1.54. The van der Waals surface area contributed by atoms with Gasteiger partial charge in [-0.25, -0.2) is 4.98 Å². The van der Waals surface area contributed by atoms with Crippen LogP contribution in [0.3, 0.4) is 0 Å². The molecule has 0 bridgehead atoms. The monoisotopic (exact) mass is 287 g/mol. The summed E-state index contributed by atoms with van der Waals surface area (Å²) in [6.45, 7) is 7.27. The number of aromatic nitrogens is 3. The maximum absolute atomic E-state index is 12.2. The van der Waals surface area contributed by atoms with Crippen LogP contribution in [0.25, 0.3) is 11.4 Å². The molecule has 1 amide bonds. The molecule has 0 saturated carbocycles. The van der Waals surface area contributed by atoms with Crippen LogP contribution in [-0.2, 0) is 4.79 Å². The molecule has 0 radical (unpaired) electrons. The molecule has 2 rings (SSSR count). The molecule has 2 aromatic rings. The van der Waals surface area contributed by atoms with Crippen molar-refractivity contribution in [2.75, 3.05) is 18.4 Å². The summed E-state index contributed by atoms with van der Waals surface area (Å²) in [6.07, 6.45) is 0. The van der Waals surface area contributed by atoms with Gasteiger partial charge in [0.1, 0.15) is 5.82 Å². The molecule has 6 heteroatoms. The first-order chi connectivity index (χ1) is 10.1. The lowest BCUT2D eigenvalue weighted by atomic mass is 10.1. The van der Waals surface area contributed by atoms with Gasteiger partial charge >= 0.3 is 0 Å². The van der Waals surface area contributed by atoms with E-state index in [1.807, 2.05) is 45.0 Å². The summed E-state index contributed by atoms with van der Waals surface area (Å²) in [6, 6.07) is 7.54. The van der Waals surface area contributed by atoms with E-state index in [0.717, 1.165) is 23.6 Å². The molecule has 0 saturated heterocycles. The fourth-order valence-corrected chi connectivity index (χ4v) is 1.96. The third-order valence-electron chi connectivity index (χ3n) is 3.17. The van der Waals surface area contributed by atoms with Crippen LogP contribution < -0.4 is 10.6 Å². The second-order valence-electron chi connectivity index (χ2n) is 4.99. The number of amides is 1. The number of anilines is 1. The summed E-state index contributed by atoms with van der Waals surface area (Å²) in [5.74, 6) is 1.21. The van der Waals surface area contributed by atoms with Gasteiger partial charge in [0.2, 0.25) is 5.91 Å². The van der Waals surface area contributed by atoms with E-state index >= 15 is 0 Å². The number of hydrogen-bond donors (Lipinski definition) is 3. The van der Waals surface area contributed by atoms with Crippen LogP contribution in [0.15, 0.2) is 24.3 Å². The number of nitrogens with one attached hydrogen (secondary N) is 3. The number of H-pyrrole nitrogens is 1. The molecule has 112 valence electrons. The number of carbonyl (C=O) groups is 1. The second kappa shape index (κ2) is 6.99. The highest BCUT2D eigenvalue weighted by molar-refractivity contribution is 5.96. The summed E-state index contributed by atoms with van der Waals surface area (Å²) < 4.78 is 0. The standard InChI is InChI=1S/C15H21N5O/c1-4-16-9-10(2)15(21)18-13-8-6-5-7-12(13)14-17-11(3)19-20-14/h5-8,10,16H,4,9H2,1-3H3,(H,18,21)(H,17,19,20). The van der Waals surface area contributed by atoms with Crippen LogP contribution in [-0.4, -0.2) is 34.2 Å². The van der Waals surface area contributed by atoms with Crippen molar-refractivity contribution in [3.05, 3.63) is 30.1 Å². The van der Waals surface area contributed by atoms with E-state index in [-0.39, 0.29) is 11.8 Å². The largest absolute Gasteiger partial charge is 0.325 e. The van der Waals surface area contributed by atoms with E-state index in [0.29, 0.717) is 12.4 Å². The third kappa shape index (κ3) is 3.88. The Morgan fingerprint density at radius 3 is 2.81 bits per heavy atom. The molecule has 0 aliphatic carbocycles. The molecule has 1 aromatic carbocycles. The molecule has 21 heavy (non-hydrogen) atoms. The first-order valence-corrected chi connectivity index (χ1v) is 7.11. The maximum atomic E-state index is 12.2. The van der Waals surface area contributed by atoms with Gasteiger partial charge in [-0.05, 0) is 25.6 Å². The van der Waals surface area contributed by atoms with Gasteiger partial charge in [0.05, 0.1) is 5.69 Å². The maximum Gasteiger partial charge on any atom is 0.228 e. The van der Waals surface area contributed by atoms with E-state index in [4.69, 9.17) is 0 Å². The number of benzene rings is 1. The summed E-state index contributed by atoms with van der Waals surface area (Å²) in [4.78, 5) is 16.5. The van der Waals surface area contributed by atoms with Gasteiger partial charge in [-0.1, -0.05) is 26.0 Å². The van der Waals surface area contributed by atoms with Gasteiger partial charge in [0, 0.05) is 18.0 Å². The molecule has 1 atom stereocenters. The van der Waals surface area contributed by atoms with Crippen LogP contribution in [0, 0.1) is 12.8 Å². The van der Waals surface area contributed by atoms with Gasteiger partial charge in [0.25, 0.3) is 0 Å². The number of aromatic amines is 1. The first kappa shape index (κ1) is 15.2. The molecule has 1 aromatic heterocycles. The zero-order valence-electron chi connectivity index (χ0n) is 12.6. The van der Waals surface area contributed by atoms with E-state index in [1.165, 1.54) is 0 Å². The van der Waals surface area contributed by atoms with Crippen molar-refractivity contribution in [1.82, 2.24) is 20.5 Å². The smallest absolute Gasteiger partial charge is 0.228 e. The van der Waals surface area contributed by atoms with Crippen LogP contribution >= 0.6 is 0 Å². The van der Waals surface area contributed by atoms with E-state index in [2.05, 4.69) is 25.8 Å². The highest BCUT2D eigenvalue weighted by Gasteiger charge is 2.15. The van der Waals surface area contributed by atoms with Crippen LogP contribution in [0.1, 0.15) is 19.7 Å². The van der Waals surface area contributed by atoms with Crippen molar-refractivity contribution in [3.8, 4) is 11.4 Å². The van der Waals surface area contributed by atoms with Gasteiger partial charge < -0.3 is 10.6 Å². The molecule has 0 spiro atoms. The number of para-hydroxylation sites is 1. The van der Waals surface area contributed by atoms with Crippen molar-refractivity contribution >= 4 is 11.6 Å². The number of aryl methyl sites for hydroxylation is 1. The highest BCUT2D eigenvalue weighted by atomic mass is 16.1. The highest BCUT2D eigenvalue weighted by Crippen LogP contribution is 2.25. The fraction of sp³-hybridized carbons (Fsp3) is 0.400. The van der Waals surface area contributed by atoms with Gasteiger partial charge in [-0.3, -0.25) is 9.89 Å². The number of nitrogens with zero attached hydrogens (tertiary/aromatic N) is 2. The SMILES string of the molecule is CCNCC(C)C(=O)Nc1ccccc1-c1n[nH]c(C)n1. The number of carbonyl (C=O) groups excluding carboxylic acids is 1. The zero-order chi connectivity index (χ0) is 15.2. The van der Waals surface area contributed by atoms with Crippen LogP contribution in [0.2, 0.25) is 0 Å². The molecular weight excluding hydrogens is 266 g/mol. The van der Waals surface area contributed by atoms with Crippen LogP contribution in [0.5, 0.6) is 0 Å². The van der Waals surface area contributed by atoms with E-state index in [1.54, 1.807) is 0 Å². The fourth-order valence-electron chi connectivity index (χ4n) is 1.96. The summed E-state index contributed by atoms with van der Waals surface area (Å²) >= 11 is 0. The summed E-state index contributed by atoms with van der Waals surface area (Å²) in [5, 5.41) is 13.1. The molecular formula is C15H21N5O. The Morgan fingerprint density at radius 1 is 1.38 bits per heavy atom. The second-order valence-corrected chi connectivity index (χ2v) is 4.99. The Bertz CT molecular complexity index is 608. The molecule has 1 unspecified atom stereocenters. The predicted octanol–water partition coefficient (Wildman–Crippen LogP) is 1.96. The lowest BCUT2D eigenvalue weighted by Gasteiger charge is -2.14. The first-order valence-electron chi connectivity index (χ1n) is 7.11. The molecule has 1 heterocycles. The van der Waals surface area contributed by atoms with Gasteiger partial charge in [-0.2, -0.15) is 5.10 Å². The van der Waals surface area contributed by atoms with Crippen molar-refractivity contribution in [3.63, 3.8) is 0 Å². The molecule has 0 aliphatic rings. The quantitative estimate of drug-likeness (QED) is 0.758. The van der Waals surface area contributed by atoms with Crippen molar-refractivity contribution < 1.29 is 4.79 Å². The summed E-state index contributed by atoms with van der Waals surface area (Å²) in [7, 11) is 0. The van der Waals surface area contributed by atoms with Crippen molar-refractivity contribution in [2.24, 2.45) is 5.92 Å². The van der Waals surface area contributed by atoms with Crippen molar-refractivity contribution in [1.29, 1.82) is 0 Å². The normalized spacial score (nSPS) is 12.1. The topological polar surface area (TPSA) is 82.7 Å². The van der Waals surface area contributed by atoms with E-state index < -0.39 is 0 Å². The zero-order valence-corrected chi connectivity index (χ0v) is 12.6. The lowest BCUT2D eigenvalue weighted by molar-refractivity contribution is -0.119. The Morgan fingerprint density at radius 2 is 2.14 bits per heavy atom. The lowest BCUT2D eigenvalue weighted by Crippen LogP contribution is -2.30. The molecule has 0 aliphatic heterocycles. The average molecular weight is 287 g/mol. The Labute approximate surface area is 124 Å². The predicted molar refractivity (Wildman–Crippen MR) is 82.9 cm³/mol. The minimum absolute atomic E-state index is 0.0179. The Hall–Kier alpha value is -2.21. The van der Waals surface area contributed by atoms with E-state index in [9.17, 15) is 4.79 Å². The molecule has 3 N–H and O–H groups in total. The van der Waals surface area contributed by atoms with Gasteiger partial charge in [0.15, 0.2) is 5.82 Å². The van der Waals surface area contributed by atoms with Crippen LogP contribution in [0.4, 0.5) is 5.69 Å². The third-order valence-corrected chi connectivity index (χ3v) is 3.17. The van der Waals surface area contributed by atoms with Gasteiger partial charge in [-0.15, -0.1) is 0 Å². The average Bonchev–Trinajstić information content (AvgIpc) is 2.91. The molecule has 6 nitrogen and oxygen atoms in total. The minimum Gasteiger partial charge on any atom is -0.325 e. The number of hydrogen-bond acceptors (Lipinski definition) is 4. The Kier molecular flexibility index (Phi) is 5.05. The minimum atomic E-state index is -0.105. The molecule has 0 fully saturated rings. The number of rotatable bonds is 6. The van der Waals surface area contributed by atoms with Crippen molar-refractivity contribution in [2.45, 2.75) is 20.8 Å². The Balaban J connectivity index is 2.15.